The molecule has 0 radical (unpaired) electrons. The first kappa shape index (κ1) is 24.6. The molecule has 37 heavy (non-hydrogen) atoms. The number of benzene rings is 3. The van der Waals surface area contributed by atoms with Crippen molar-refractivity contribution in [3.05, 3.63) is 100 Å². The van der Waals surface area contributed by atoms with Gasteiger partial charge in [-0.15, -0.1) is 0 Å². The van der Waals surface area contributed by atoms with E-state index in [1.165, 1.54) is 11.8 Å². The van der Waals surface area contributed by atoms with Gasteiger partial charge in [0.25, 0.3) is 5.91 Å². The van der Waals surface area contributed by atoms with Gasteiger partial charge in [0.2, 0.25) is 0 Å². The lowest BCUT2D eigenvalue weighted by Gasteiger charge is -2.11. The minimum Gasteiger partial charge on any atom is -0.462 e. The first-order valence-electron chi connectivity index (χ1n) is 12.1. The maximum atomic E-state index is 13.1. The summed E-state index contributed by atoms with van der Waals surface area (Å²) in [5.41, 5.74) is 5.09. The Kier molecular flexibility index (Phi) is 6.72. The number of carbonyl (C=O) groups is 2. The van der Waals surface area contributed by atoms with Crippen molar-refractivity contribution in [1.82, 2.24) is 9.47 Å². The Morgan fingerprint density at radius 3 is 2.57 bits per heavy atom. The molecule has 4 aromatic rings. The minimum absolute atomic E-state index is 0.0846. The number of fused-ring (bicyclic) bond motifs is 1. The van der Waals surface area contributed by atoms with Crippen LogP contribution in [0.25, 0.3) is 22.5 Å². The Hall–Kier alpha value is -4.10. The lowest BCUT2D eigenvalue weighted by atomic mass is 10.1. The van der Waals surface area contributed by atoms with Gasteiger partial charge in [0, 0.05) is 24.1 Å². The number of amidine groups is 1. The number of esters is 1. The van der Waals surface area contributed by atoms with Crippen LogP contribution in [-0.2, 0) is 9.53 Å². The Morgan fingerprint density at radius 1 is 1.00 bits per heavy atom. The summed E-state index contributed by atoms with van der Waals surface area (Å²) < 4.78 is 7.23. The smallest absolute Gasteiger partial charge is 0.338 e. The summed E-state index contributed by atoms with van der Waals surface area (Å²) in [5.74, 6) is -0.429. The third-order valence-electron chi connectivity index (χ3n) is 6.33. The fourth-order valence-electron chi connectivity index (χ4n) is 4.47. The van der Waals surface area contributed by atoms with E-state index in [9.17, 15) is 9.59 Å². The van der Waals surface area contributed by atoms with Gasteiger partial charge in [-0.3, -0.25) is 9.69 Å². The number of thioether (sulfide) groups is 1. The Morgan fingerprint density at radius 2 is 1.78 bits per heavy atom. The quantitative estimate of drug-likeness (QED) is 0.223. The minimum atomic E-state index is -0.344. The average molecular weight is 510 g/mol. The van der Waals surface area contributed by atoms with Crippen LogP contribution in [0.3, 0.4) is 0 Å². The number of hydrogen-bond acceptors (Lipinski definition) is 5. The van der Waals surface area contributed by atoms with Crippen LogP contribution >= 0.6 is 11.8 Å². The highest BCUT2D eigenvalue weighted by Crippen LogP contribution is 2.35. The molecule has 1 fully saturated rings. The van der Waals surface area contributed by atoms with E-state index in [4.69, 9.17) is 9.73 Å². The molecule has 7 heteroatoms. The van der Waals surface area contributed by atoms with E-state index in [2.05, 4.69) is 16.7 Å². The number of nitrogens with zero attached hydrogens (tertiary/aromatic N) is 3. The van der Waals surface area contributed by atoms with Crippen molar-refractivity contribution in [3.63, 3.8) is 0 Å². The molecule has 3 aromatic carbocycles. The second-order valence-corrected chi connectivity index (χ2v) is 9.84. The second-order valence-electron chi connectivity index (χ2n) is 8.83. The van der Waals surface area contributed by atoms with E-state index in [0.717, 1.165) is 39.1 Å². The fraction of sp³-hybridized carbons (Fsp3) is 0.167. The van der Waals surface area contributed by atoms with Crippen molar-refractivity contribution in [2.24, 2.45) is 4.99 Å². The fourth-order valence-corrected chi connectivity index (χ4v) is 5.44. The summed E-state index contributed by atoms with van der Waals surface area (Å²) >= 11 is 1.37. The number of rotatable bonds is 5. The second kappa shape index (κ2) is 10.1. The SMILES string of the molecule is CCOC(=O)c1cccc(-n2c(C)cc(/C=C3\SC(=Nc4ccc5ccccc5c4)N(C)C3=O)c2C)c1. The number of hydrogen-bond donors (Lipinski definition) is 0. The monoisotopic (exact) mass is 509 g/mol. The topological polar surface area (TPSA) is 63.9 Å². The van der Waals surface area contributed by atoms with Crippen LogP contribution in [0.5, 0.6) is 0 Å². The Balaban J connectivity index is 1.45. The number of aromatic nitrogens is 1. The summed E-state index contributed by atoms with van der Waals surface area (Å²) in [4.78, 5) is 32.3. The maximum Gasteiger partial charge on any atom is 0.338 e. The van der Waals surface area contributed by atoms with Gasteiger partial charge in [-0.25, -0.2) is 9.79 Å². The highest BCUT2D eigenvalue weighted by Gasteiger charge is 2.30. The van der Waals surface area contributed by atoms with E-state index in [1.807, 2.05) is 74.5 Å². The van der Waals surface area contributed by atoms with Gasteiger partial charge in [0.1, 0.15) is 0 Å². The van der Waals surface area contributed by atoms with E-state index in [0.29, 0.717) is 22.2 Å². The van der Waals surface area contributed by atoms with Gasteiger partial charge in [-0.1, -0.05) is 36.4 Å². The van der Waals surface area contributed by atoms with Crippen LogP contribution in [0.15, 0.2) is 82.7 Å². The summed E-state index contributed by atoms with van der Waals surface area (Å²) in [5, 5.41) is 2.90. The summed E-state index contributed by atoms with van der Waals surface area (Å²) in [6, 6.07) is 23.6. The van der Waals surface area contributed by atoms with Crippen molar-refractivity contribution in [3.8, 4) is 5.69 Å². The van der Waals surface area contributed by atoms with Gasteiger partial charge in [0.15, 0.2) is 5.17 Å². The van der Waals surface area contributed by atoms with Gasteiger partial charge in [0.05, 0.1) is 22.8 Å². The predicted octanol–water partition coefficient (Wildman–Crippen LogP) is 6.66. The van der Waals surface area contributed by atoms with E-state index < -0.39 is 0 Å². The molecule has 0 bridgehead atoms. The average Bonchev–Trinajstić information content (AvgIpc) is 3.33. The number of amides is 1. The van der Waals surface area contributed by atoms with Crippen molar-refractivity contribution in [1.29, 1.82) is 0 Å². The first-order chi connectivity index (χ1) is 17.9. The normalized spacial score (nSPS) is 15.8. The molecule has 6 nitrogen and oxygen atoms in total. The molecule has 1 aliphatic heterocycles. The molecule has 0 aliphatic carbocycles. The molecule has 1 aliphatic rings. The molecule has 0 saturated carbocycles. The molecule has 0 spiro atoms. The number of carbonyl (C=O) groups excluding carboxylic acids is 2. The van der Waals surface area contributed by atoms with Crippen molar-refractivity contribution in [2.45, 2.75) is 20.8 Å². The molecule has 186 valence electrons. The third-order valence-corrected chi connectivity index (χ3v) is 7.39. The highest BCUT2D eigenvalue weighted by molar-refractivity contribution is 8.18. The van der Waals surface area contributed by atoms with E-state index in [1.54, 1.807) is 24.9 Å². The van der Waals surface area contributed by atoms with Gasteiger partial charge < -0.3 is 9.30 Å². The largest absolute Gasteiger partial charge is 0.462 e. The number of aryl methyl sites for hydroxylation is 1. The highest BCUT2D eigenvalue weighted by atomic mass is 32.2. The van der Waals surface area contributed by atoms with Crippen molar-refractivity contribution < 1.29 is 14.3 Å². The molecule has 0 atom stereocenters. The molecule has 0 N–H and O–H groups in total. The van der Waals surface area contributed by atoms with Gasteiger partial charge in [-0.05, 0) is 91.3 Å². The Bertz CT molecular complexity index is 1600. The number of likely N-dealkylation sites (N-methyl/N-ethyl adjacent to an activating group) is 1. The summed E-state index contributed by atoms with van der Waals surface area (Å²) in [6.45, 7) is 6.14. The molecular formula is C30H27N3O3S. The Labute approximate surface area is 220 Å². The maximum absolute atomic E-state index is 13.1. The molecular weight excluding hydrogens is 482 g/mol. The van der Waals surface area contributed by atoms with Crippen LogP contribution in [0.4, 0.5) is 5.69 Å². The number of ether oxygens (including phenoxy) is 1. The molecule has 0 unspecified atom stereocenters. The predicted molar refractivity (Wildman–Crippen MR) is 151 cm³/mol. The lowest BCUT2D eigenvalue weighted by molar-refractivity contribution is -0.121. The zero-order valence-electron chi connectivity index (χ0n) is 21.2. The zero-order chi connectivity index (χ0) is 26.1. The third kappa shape index (κ3) is 4.82. The number of aliphatic imine (C=N–C) groups is 1. The molecule has 2 heterocycles. The lowest BCUT2D eigenvalue weighted by Crippen LogP contribution is -2.23. The van der Waals surface area contributed by atoms with Gasteiger partial charge >= 0.3 is 5.97 Å². The standard InChI is InChI=1S/C30H27N3O3S/c1-5-36-29(35)23-11-8-12-26(17-23)33-19(2)15-24(20(33)3)18-27-28(34)32(4)30(37-27)31-25-14-13-21-9-6-7-10-22(21)16-25/h6-18H,5H2,1-4H3/b27-18-,31-30?. The molecule has 1 saturated heterocycles. The van der Waals surface area contributed by atoms with Gasteiger partial charge in [-0.2, -0.15) is 0 Å². The van der Waals surface area contributed by atoms with Crippen LogP contribution in [-0.4, -0.2) is 40.2 Å². The van der Waals surface area contributed by atoms with Crippen LogP contribution < -0.4 is 0 Å². The van der Waals surface area contributed by atoms with Crippen LogP contribution in [0, 0.1) is 13.8 Å². The van der Waals surface area contributed by atoms with Crippen LogP contribution in [0.2, 0.25) is 0 Å². The molecule has 5 rings (SSSR count). The van der Waals surface area contributed by atoms with Crippen LogP contribution in [0.1, 0.15) is 34.2 Å². The van der Waals surface area contributed by atoms with Crippen molar-refractivity contribution in [2.75, 3.05) is 13.7 Å². The van der Waals surface area contributed by atoms with Crippen molar-refractivity contribution >= 4 is 51.3 Å². The summed E-state index contributed by atoms with van der Waals surface area (Å²) in [7, 11) is 1.75. The summed E-state index contributed by atoms with van der Waals surface area (Å²) in [6.07, 6.45) is 1.92. The van der Waals surface area contributed by atoms with E-state index >= 15 is 0 Å². The zero-order valence-corrected chi connectivity index (χ0v) is 22.0. The molecule has 1 aromatic heterocycles. The molecule has 1 amide bonds. The van der Waals surface area contributed by atoms with E-state index in [-0.39, 0.29) is 11.9 Å². The first-order valence-corrected chi connectivity index (χ1v) is 12.9.